The number of carbonyl (C=O) groups is 1. The van der Waals surface area contributed by atoms with Gasteiger partial charge >= 0.3 is 11.8 Å². The van der Waals surface area contributed by atoms with E-state index in [0.717, 1.165) is 0 Å². The van der Waals surface area contributed by atoms with Gasteiger partial charge in [0.25, 0.3) is 0 Å². The zero-order valence-corrected chi connectivity index (χ0v) is 7.10. The molecular weight excluding hydrogens is 186 g/mol. The molecule has 1 rings (SSSR count). The summed E-state index contributed by atoms with van der Waals surface area (Å²) in [4.78, 5) is 12.9. The summed E-state index contributed by atoms with van der Waals surface area (Å²) in [5.74, 6) is -0.483. The van der Waals surface area contributed by atoms with Gasteiger partial charge in [-0.05, 0) is 11.3 Å². The Morgan fingerprint density at radius 2 is 2.36 bits per heavy atom. The van der Waals surface area contributed by atoms with Crippen molar-refractivity contribution in [2.24, 2.45) is 0 Å². The monoisotopic (exact) mass is 193 g/mol. The molecule has 0 heterocycles. The summed E-state index contributed by atoms with van der Waals surface area (Å²) < 4.78 is 0. The number of amides is 1. The van der Waals surface area contributed by atoms with E-state index >= 15 is 0 Å². The highest BCUT2D eigenvalue weighted by molar-refractivity contribution is 5.65. The summed E-state index contributed by atoms with van der Waals surface area (Å²) in [5.41, 5.74) is 0.136. The summed E-state index contributed by atoms with van der Waals surface area (Å²) in [7, 11) is 0. The number of hydrogen-bond donors (Lipinski definition) is 2. The molecular formula is C8H7N3O3. The second kappa shape index (κ2) is 4.09. The molecule has 0 aliphatic rings. The Hall–Kier alpha value is -2.29. The zero-order chi connectivity index (χ0) is 10.6. The van der Waals surface area contributed by atoms with Gasteiger partial charge in [-0.1, -0.05) is 12.1 Å². The molecule has 0 atom stereocenters. The van der Waals surface area contributed by atoms with Crippen molar-refractivity contribution in [3.63, 3.8) is 0 Å². The van der Waals surface area contributed by atoms with E-state index in [-0.39, 0.29) is 17.8 Å². The van der Waals surface area contributed by atoms with Gasteiger partial charge in [-0.2, -0.15) is 0 Å². The molecule has 0 saturated carbocycles. The maximum absolute atomic E-state index is 11.3. The molecule has 0 fully saturated rings. The van der Waals surface area contributed by atoms with Gasteiger partial charge in [-0.15, -0.1) is 0 Å². The van der Waals surface area contributed by atoms with Crippen LogP contribution in [-0.2, 0) is 6.54 Å². The van der Waals surface area contributed by atoms with Crippen molar-refractivity contribution < 1.29 is 15.0 Å². The van der Waals surface area contributed by atoms with Crippen LogP contribution in [0.2, 0.25) is 0 Å². The van der Waals surface area contributed by atoms with Crippen LogP contribution in [0, 0.1) is 5.39 Å². The van der Waals surface area contributed by atoms with Crippen LogP contribution in [0.5, 0.6) is 5.75 Å². The number of para-hydroxylation sites is 1. The molecule has 0 saturated heterocycles. The van der Waals surface area contributed by atoms with Crippen molar-refractivity contribution in [3.05, 3.63) is 28.7 Å². The number of benzene rings is 1. The average molecular weight is 193 g/mol. The standard InChI is InChI=1S/C8H7N3O3/c9-11-6-3-1-2-5(7(6)12)4-10-8(13)14/h1-3,10H,4H2,(H-,12,13,14). The van der Waals surface area contributed by atoms with Gasteiger partial charge in [-0.25, -0.2) is 4.79 Å². The Balaban J connectivity index is 2.88. The van der Waals surface area contributed by atoms with Gasteiger partial charge in [0.15, 0.2) is 4.98 Å². The Morgan fingerprint density at radius 3 is 2.93 bits per heavy atom. The van der Waals surface area contributed by atoms with E-state index in [2.05, 4.69) is 4.98 Å². The minimum absolute atomic E-state index is 0.0997. The third-order valence-corrected chi connectivity index (χ3v) is 1.61. The fourth-order valence-electron chi connectivity index (χ4n) is 0.960. The molecule has 72 valence electrons. The molecule has 0 unspecified atom stereocenters. The molecule has 0 aliphatic carbocycles. The number of nitrogens with one attached hydrogen (secondary N) is 1. The van der Waals surface area contributed by atoms with Crippen LogP contribution in [0.4, 0.5) is 10.5 Å². The van der Waals surface area contributed by atoms with Crippen molar-refractivity contribution in [3.8, 4) is 5.75 Å². The van der Waals surface area contributed by atoms with Gasteiger partial charge in [-0.3, -0.25) is 0 Å². The highest BCUT2D eigenvalue weighted by Gasteiger charge is 2.08. The lowest BCUT2D eigenvalue weighted by Gasteiger charge is -2.09. The Labute approximate surface area is 79.4 Å². The summed E-state index contributed by atoms with van der Waals surface area (Å²) in [5, 5.41) is 30.1. The highest BCUT2D eigenvalue weighted by atomic mass is 16.4. The lowest BCUT2D eigenvalue weighted by atomic mass is 10.2. The van der Waals surface area contributed by atoms with Crippen molar-refractivity contribution in [1.29, 1.82) is 5.39 Å². The zero-order valence-electron chi connectivity index (χ0n) is 7.10. The van der Waals surface area contributed by atoms with E-state index in [1.54, 1.807) is 0 Å². The Kier molecular flexibility index (Phi) is 2.86. The van der Waals surface area contributed by atoms with Crippen LogP contribution < -0.4 is 10.4 Å². The molecule has 1 aromatic carbocycles. The molecule has 0 bridgehead atoms. The smallest absolute Gasteiger partial charge is 0.404 e. The molecule has 1 amide bonds. The lowest BCUT2D eigenvalue weighted by Crippen LogP contribution is -2.20. The van der Waals surface area contributed by atoms with Gasteiger partial charge < -0.3 is 15.5 Å². The van der Waals surface area contributed by atoms with Gasteiger partial charge in [0.05, 0.1) is 0 Å². The largest absolute Gasteiger partial charge is 0.867 e. The second-order valence-electron chi connectivity index (χ2n) is 2.52. The van der Waals surface area contributed by atoms with Crippen molar-refractivity contribution in [2.75, 3.05) is 0 Å². The third-order valence-electron chi connectivity index (χ3n) is 1.61. The fourth-order valence-corrected chi connectivity index (χ4v) is 0.960. The van der Waals surface area contributed by atoms with Gasteiger partial charge in [0.2, 0.25) is 5.39 Å². The summed E-state index contributed by atoms with van der Waals surface area (Å²) in [6.45, 7) is -0.0997. The van der Waals surface area contributed by atoms with Crippen LogP contribution in [0.25, 0.3) is 4.98 Å². The normalized spacial score (nSPS) is 9.07. The molecule has 1 aromatic rings. The highest BCUT2D eigenvalue weighted by Crippen LogP contribution is 2.26. The van der Waals surface area contributed by atoms with Crippen LogP contribution in [0.3, 0.4) is 0 Å². The third kappa shape index (κ3) is 2.10. The molecule has 6 heteroatoms. The van der Waals surface area contributed by atoms with E-state index in [0.29, 0.717) is 0 Å². The number of rotatable bonds is 2. The van der Waals surface area contributed by atoms with Gasteiger partial charge in [0, 0.05) is 12.6 Å². The minimum atomic E-state index is -1.21. The van der Waals surface area contributed by atoms with E-state index in [1.807, 2.05) is 5.32 Å². The number of nitrogens with zero attached hydrogens (tertiary/aromatic N) is 2. The van der Waals surface area contributed by atoms with Crippen molar-refractivity contribution in [2.45, 2.75) is 6.54 Å². The molecule has 0 aromatic heterocycles. The first-order valence-electron chi connectivity index (χ1n) is 3.76. The maximum atomic E-state index is 11.3. The van der Waals surface area contributed by atoms with E-state index in [9.17, 15) is 9.90 Å². The van der Waals surface area contributed by atoms with Crippen molar-refractivity contribution >= 4 is 11.8 Å². The first-order valence-corrected chi connectivity index (χ1v) is 3.76. The Bertz CT molecular complexity index is 397. The van der Waals surface area contributed by atoms with Crippen molar-refractivity contribution in [1.82, 2.24) is 5.32 Å². The summed E-state index contributed by atoms with van der Waals surface area (Å²) >= 11 is 0. The average Bonchev–Trinajstić information content (AvgIpc) is 2.16. The van der Waals surface area contributed by atoms with E-state index in [4.69, 9.17) is 10.5 Å². The summed E-state index contributed by atoms with van der Waals surface area (Å²) in [6.07, 6.45) is -1.21. The predicted octanol–water partition coefficient (Wildman–Crippen LogP) is 1.01. The first kappa shape index (κ1) is 9.80. The van der Waals surface area contributed by atoms with Crippen LogP contribution in [-0.4, -0.2) is 11.2 Å². The Morgan fingerprint density at radius 1 is 1.64 bits per heavy atom. The molecule has 0 spiro atoms. The lowest BCUT2D eigenvalue weighted by molar-refractivity contribution is -0.268. The molecule has 6 nitrogen and oxygen atoms in total. The molecule has 14 heavy (non-hydrogen) atoms. The SMILES string of the molecule is N#[N+]c1cccc(CNC(=O)O)c1[O-]. The molecule has 0 radical (unpaired) electrons. The van der Waals surface area contributed by atoms with Crippen LogP contribution in [0.1, 0.15) is 5.56 Å². The molecule has 0 aliphatic heterocycles. The topological polar surface area (TPSA) is 101 Å². The quantitative estimate of drug-likeness (QED) is 0.684. The second-order valence-corrected chi connectivity index (χ2v) is 2.52. The van der Waals surface area contributed by atoms with Gasteiger partial charge in [0.1, 0.15) is 0 Å². The fraction of sp³-hybridized carbons (Fsp3) is 0.125. The molecule has 2 N–H and O–H groups in total. The maximum Gasteiger partial charge on any atom is 0.404 e. The summed E-state index contributed by atoms with van der Waals surface area (Å²) in [6, 6.07) is 4.31. The van der Waals surface area contributed by atoms with Crippen LogP contribution >= 0.6 is 0 Å². The van der Waals surface area contributed by atoms with Crippen LogP contribution in [0.15, 0.2) is 18.2 Å². The minimum Gasteiger partial charge on any atom is -0.867 e. The predicted molar refractivity (Wildman–Crippen MR) is 45.5 cm³/mol. The number of carboxylic acid groups (broad SMARTS) is 1. The number of diazo groups is 1. The first-order chi connectivity index (χ1) is 6.65. The van der Waals surface area contributed by atoms with E-state index < -0.39 is 11.8 Å². The van der Waals surface area contributed by atoms with E-state index in [1.165, 1.54) is 18.2 Å². The number of hydrogen-bond acceptors (Lipinski definition) is 3.